The largest absolute Gasteiger partial charge is 0.473 e. The first-order chi connectivity index (χ1) is 11.3. The van der Waals surface area contributed by atoms with E-state index in [2.05, 4.69) is 30.1 Å². The molecule has 3 aromatic rings. The Morgan fingerprint density at radius 3 is 2.52 bits per heavy atom. The zero-order valence-corrected chi connectivity index (χ0v) is 13.2. The van der Waals surface area contributed by atoms with Crippen molar-refractivity contribution in [2.24, 2.45) is 5.73 Å². The Morgan fingerprint density at radius 2 is 1.83 bits per heavy atom. The molecule has 0 fully saturated rings. The van der Waals surface area contributed by atoms with Gasteiger partial charge in [-0.25, -0.2) is 4.98 Å². The molecule has 0 amide bonds. The van der Waals surface area contributed by atoms with Crippen molar-refractivity contribution in [3.05, 3.63) is 83.6 Å². The van der Waals surface area contributed by atoms with Crippen LogP contribution in [0.15, 0.2) is 66.9 Å². The monoisotopic (exact) mass is 304 g/mol. The van der Waals surface area contributed by atoms with Gasteiger partial charge in [0.2, 0.25) is 5.88 Å². The van der Waals surface area contributed by atoms with E-state index in [1.165, 1.54) is 5.56 Å². The smallest absolute Gasteiger partial charge is 0.213 e. The lowest BCUT2D eigenvalue weighted by Crippen LogP contribution is -2.00. The molecule has 0 saturated carbocycles. The SMILES string of the molecule is Cc1ccc(-c2ccc(OCc3ccccc3)nc2)c(CN)c1. The van der Waals surface area contributed by atoms with Crippen molar-refractivity contribution in [3.63, 3.8) is 0 Å². The Balaban J connectivity index is 1.74. The van der Waals surface area contributed by atoms with Crippen LogP contribution < -0.4 is 10.5 Å². The molecule has 3 rings (SSSR count). The molecule has 2 N–H and O–H groups in total. The van der Waals surface area contributed by atoms with E-state index in [4.69, 9.17) is 10.5 Å². The highest BCUT2D eigenvalue weighted by molar-refractivity contribution is 5.67. The maximum atomic E-state index is 5.85. The minimum atomic E-state index is 0.517. The number of hydrogen-bond donors (Lipinski definition) is 1. The predicted molar refractivity (Wildman–Crippen MR) is 93.1 cm³/mol. The summed E-state index contributed by atoms with van der Waals surface area (Å²) in [6.45, 7) is 3.11. The van der Waals surface area contributed by atoms with Crippen LogP contribution in [0.3, 0.4) is 0 Å². The third-order valence-corrected chi connectivity index (χ3v) is 3.76. The lowest BCUT2D eigenvalue weighted by atomic mass is 9.99. The highest BCUT2D eigenvalue weighted by Gasteiger charge is 2.05. The van der Waals surface area contributed by atoms with Gasteiger partial charge in [-0.15, -0.1) is 0 Å². The number of nitrogens with zero attached hydrogens (tertiary/aromatic N) is 1. The van der Waals surface area contributed by atoms with E-state index in [0.717, 1.165) is 22.3 Å². The molecule has 1 heterocycles. The fourth-order valence-corrected chi connectivity index (χ4v) is 2.53. The van der Waals surface area contributed by atoms with E-state index < -0.39 is 0 Å². The molecule has 23 heavy (non-hydrogen) atoms. The van der Waals surface area contributed by atoms with Gasteiger partial charge in [0.25, 0.3) is 0 Å². The number of aryl methyl sites for hydroxylation is 1. The molecule has 0 atom stereocenters. The molecular formula is C20H20N2O. The second-order valence-electron chi connectivity index (χ2n) is 5.52. The lowest BCUT2D eigenvalue weighted by molar-refractivity contribution is 0.294. The van der Waals surface area contributed by atoms with Crippen LogP contribution in [0.25, 0.3) is 11.1 Å². The highest BCUT2D eigenvalue weighted by atomic mass is 16.5. The summed E-state index contributed by atoms with van der Waals surface area (Å²) in [6, 6.07) is 20.3. The van der Waals surface area contributed by atoms with Gasteiger partial charge in [-0.05, 0) is 29.7 Å². The number of benzene rings is 2. The van der Waals surface area contributed by atoms with Crippen LogP contribution in [-0.2, 0) is 13.2 Å². The number of pyridine rings is 1. The van der Waals surface area contributed by atoms with Gasteiger partial charge in [-0.1, -0.05) is 54.1 Å². The molecule has 0 aliphatic rings. The third kappa shape index (κ3) is 3.76. The predicted octanol–water partition coefficient (Wildman–Crippen LogP) is 4.09. The van der Waals surface area contributed by atoms with E-state index >= 15 is 0 Å². The first-order valence-electron chi connectivity index (χ1n) is 7.69. The Morgan fingerprint density at radius 1 is 1.00 bits per heavy atom. The summed E-state index contributed by atoms with van der Waals surface area (Å²) in [5.41, 5.74) is 11.5. The first-order valence-corrected chi connectivity index (χ1v) is 7.69. The van der Waals surface area contributed by atoms with E-state index in [9.17, 15) is 0 Å². The van der Waals surface area contributed by atoms with Gasteiger partial charge < -0.3 is 10.5 Å². The summed E-state index contributed by atoms with van der Waals surface area (Å²) in [6.07, 6.45) is 1.84. The quantitative estimate of drug-likeness (QED) is 0.772. The second-order valence-corrected chi connectivity index (χ2v) is 5.52. The fraction of sp³-hybridized carbons (Fsp3) is 0.150. The van der Waals surface area contributed by atoms with Crippen LogP contribution in [-0.4, -0.2) is 4.98 Å². The Bertz CT molecular complexity index is 767. The lowest BCUT2D eigenvalue weighted by Gasteiger charge is -2.10. The molecule has 0 spiro atoms. The van der Waals surface area contributed by atoms with Crippen LogP contribution >= 0.6 is 0 Å². The molecule has 0 aliphatic carbocycles. The molecular weight excluding hydrogens is 284 g/mol. The highest BCUT2D eigenvalue weighted by Crippen LogP contribution is 2.25. The first kappa shape index (κ1) is 15.3. The molecule has 3 nitrogen and oxygen atoms in total. The zero-order valence-electron chi connectivity index (χ0n) is 13.2. The van der Waals surface area contributed by atoms with Crippen LogP contribution in [0.5, 0.6) is 5.88 Å². The second kappa shape index (κ2) is 7.07. The van der Waals surface area contributed by atoms with Gasteiger partial charge >= 0.3 is 0 Å². The molecule has 0 saturated heterocycles. The van der Waals surface area contributed by atoms with Crippen molar-refractivity contribution in [2.75, 3.05) is 0 Å². The minimum Gasteiger partial charge on any atom is -0.473 e. The van der Waals surface area contributed by atoms with Gasteiger partial charge in [0.15, 0.2) is 0 Å². The van der Waals surface area contributed by atoms with E-state index in [1.54, 1.807) is 0 Å². The van der Waals surface area contributed by atoms with Crippen LogP contribution in [0.1, 0.15) is 16.7 Å². The average Bonchev–Trinajstić information content (AvgIpc) is 2.61. The van der Waals surface area contributed by atoms with Crippen molar-refractivity contribution in [1.82, 2.24) is 4.98 Å². The van der Waals surface area contributed by atoms with Crippen molar-refractivity contribution < 1.29 is 4.74 Å². The summed E-state index contributed by atoms with van der Waals surface area (Å²) in [7, 11) is 0. The summed E-state index contributed by atoms with van der Waals surface area (Å²) >= 11 is 0. The molecule has 3 heteroatoms. The van der Waals surface area contributed by atoms with Crippen molar-refractivity contribution >= 4 is 0 Å². The van der Waals surface area contributed by atoms with Crippen molar-refractivity contribution in [2.45, 2.75) is 20.1 Å². The fourth-order valence-electron chi connectivity index (χ4n) is 2.53. The standard InChI is InChI=1S/C20H20N2O/c1-15-7-9-19(18(11-15)12-21)17-8-10-20(22-13-17)23-14-16-5-3-2-4-6-16/h2-11,13H,12,14,21H2,1H3. The van der Waals surface area contributed by atoms with E-state index in [1.807, 2.05) is 48.7 Å². The van der Waals surface area contributed by atoms with Gasteiger partial charge in [-0.3, -0.25) is 0 Å². The van der Waals surface area contributed by atoms with Gasteiger partial charge in [0.1, 0.15) is 6.61 Å². The maximum Gasteiger partial charge on any atom is 0.213 e. The molecule has 116 valence electrons. The minimum absolute atomic E-state index is 0.517. The Hall–Kier alpha value is -2.65. The molecule has 0 bridgehead atoms. The Kier molecular flexibility index (Phi) is 4.69. The summed E-state index contributed by atoms with van der Waals surface area (Å²) < 4.78 is 5.72. The van der Waals surface area contributed by atoms with Gasteiger partial charge in [0.05, 0.1) is 0 Å². The number of aromatic nitrogens is 1. The molecule has 2 aromatic carbocycles. The zero-order chi connectivity index (χ0) is 16.1. The Labute approximate surface area is 136 Å². The summed E-state index contributed by atoms with van der Waals surface area (Å²) in [5.74, 6) is 0.624. The topological polar surface area (TPSA) is 48.1 Å². The maximum absolute atomic E-state index is 5.85. The average molecular weight is 304 g/mol. The molecule has 0 aliphatic heterocycles. The number of nitrogens with two attached hydrogens (primary N) is 1. The number of ether oxygens (including phenoxy) is 1. The summed E-state index contributed by atoms with van der Waals surface area (Å²) in [5, 5.41) is 0. The van der Waals surface area contributed by atoms with Crippen molar-refractivity contribution in [1.29, 1.82) is 0 Å². The van der Waals surface area contributed by atoms with Gasteiger partial charge in [-0.2, -0.15) is 0 Å². The number of rotatable bonds is 5. The van der Waals surface area contributed by atoms with E-state index in [0.29, 0.717) is 19.0 Å². The summed E-state index contributed by atoms with van der Waals surface area (Å²) in [4.78, 5) is 4.40. The van der Waals surface area contributed by atoms with Crippen molar-refractivity contribution in [3.8, 4) is 17.0 Å². The van der Waals surface area contributed by atoms with Gasteiger partial charge in [0, 0.05) is 24.4 Å². The van der Waals surface area contributed by atoms with E-state index in [-0.39, 0.29) is 0 Å². The normalized spacial score (nSPS) is 10.5. The van der Waals surface area contributed by atoms with Crippen LogP contribution in [0, 0.1) is 6.92 Å². The number of hydrogen-bond acceptors (Lipinski definition) is 3. The van der Waals surface area contributed by atoms with Crippen LogP contribution in [0.2, 0.25) is 0 Å². The molecule has 0 unspecified atom stereocenters. The third-order valence-electron chi connectivity index (χ3n) is 3.76. The van der Waals surface area contributed by atoms with Crippen LogP contribution in [0.4, 0.5) is 0 Å². The molecule has 0 radical (unpaired) electrons. The molecule has 1 aromatic heterocycles.